The first-order valence-electron chi connectivity index (χ1n) is 5.11. The van der Waals surface area contributed by atoms with E-state index in [1.807, 2.05) is 24.3 Å². The first kappa shape index (κ1) is 12.7. The Morgan fingerprint density at radius 2 is 1.44 bits per heavy atom. The van der Waals surface area contributed by atoms with Crippen LogP contribution in [0.3, 0.4) is 0 Å². The average molecular weight is 315 g/mol. The van der Waals surface area contributed by atoms with E-state index in [0.29, 0.717) is 16.0 Å². The Labute approximate surface area is 118 Å². The summed E-state index contributed by atoms with van der Waals surface area (Å²) in [5.41, 5.74) is 1.06. The van der Waals surface area contributed by atoms with E-state index >= 15 is 0 Å². The van der Waals surface area contributed by atoms with Crippen LogP contribution in [0.5, 0.6) is 0 Å². The van der Waals surface area contributed by atoms with Gasteiger partial charge in [-0.2, -0.15) is 10.5 Å². The van der Waals surface area contributed by atoms with Gasteiger partial charge in [0.1, 0.15) is 12.1 Å². The van der Waals surface area contributed by atoms with Crippen LogP contribution in [-0.2, 0) is 0 Å². The van der Waals surface area contributed by atoms with E-state index in [4.69, 9.17) is 10.5 Å². The molecular formula is C14H7BrN2S. The maximum Gasteiger partial charge on any atom is 0.100 e. The van der Waals surface area contributed by atoms with E-state index in [2.05, 4.69) is 28.1 Å². The Hall–Kier alpha value is -1.75. The summed E-state index contributed by atoms with van der Waals surface area (Å²) in [5.74, 6) is 0. The molecule has 0 unspecified atom stereocenters. The zero-order chi connectivity index (χ0) is 13.0. The number of nitriles is 2. The molecule has 0 N–H and O–H groups in total. The third-order valence-electron chi connectivity index (χ3n) is 2.29. The zero-order valence-corrected chi connectivity index (χ0v) is 11.6. The minimum absolute atomic E-state index is 0.530. The molecular weight excluding hydrogens is 308 g/mol. The topological polar surface area (TPSA) is 47.6 Å². The Morgan fingerprint density at radius 3 is 1.94 bits per heavy atom. The molecule has 0 radical (unpaired) electrons. The molecule has 0 atom stereocenters. The maximum atomic E-state index is 9.08. The van der Waals surface area contributed by atoms with Crippen molar-refractivity contribution in [2.45, 2.75) is 9.79 Å². The highest BCUT2D eigenvalue weighted by Crippen LogP contribution is 2.33. The molecule has 0 amide bonds. The Bertz CT molecular complexity index is 619. The van der Waals surface area contributed by atoms with Gasteiger partial charge in [0, 0.05) is 14.3 Å². The molecule has 2 aromatic rings. The molecule has 0 spiro atoms. The number of rotatable bonds is 2. The van der Waals surface area contributed by atoms with Crippen LogP contribution in [0.15, 0.2) is 56.7 Å². The summed E-state index contributed by atoms with van der Waals surface area (Å²) < 4.78 is 1.00. The highest BCUT2D eigenvalue weighted by atomic mass is 79.9. The lowest BCUT2D eigenvalue weighted by molar-refractivity contribution is 1.30. The summed E-state index contributed by atoms with van der Waals surface area (Å²) in [6.45, 7) is 0. The first-order chi connectivity index (χ1) is 8.74. The van der Waals surface area contributed by atoms with Gasteiger partial charge >= 0.3 is 0 Å². The standard InChI is InChI=1S/C14H7BrN2S/c15-12-4-6-13(7-5-12)18-14-10(8-16)2-1-3-11(14)9-17/h1-7H. The van der Waals surface area contributed by atoms with Gasteiger partial charge in [0.15, 0.2) is 0 Å². The summed E-state index contributed by atoms with van der Waals surface area (Å²) in [6, 6.07) is 17.2. The first-order valence-corrected chi connectivity index (χ1v) is 6.72. The van der Waals surface area contributed by atoms with Gasteiger partial charge in [-0.05, 0) is 36.4 Å². The molecule has 0 heterocycles. The van der Waals surface area contributed by atoms with Crippen LogP contribution in [0.4, 0.5) is 0 Å². The lowest BCUT2D eigenvalue weighted by atomic mass is 10.1. The average Bonchev–Trinajstić information content (AvgIpc) is 2.41. The number of nitrogens with zero attached hydrogens (tertiary/aromatic N) is 2. The van der Waals surface area contributed by atoms with Gasteiger partial charge in [0.25, 0.3) is 0 Å². The Morgan fingerprint density at radius 1 is 0.889 bits per heavy atom. The molecule has 2 rings (SSSR count). The van der Waals surface area contributed by atoms with Gasteiger partial charge in [-0.25, -0.2) is 0 Å². The van der Waals surface area contributed by atoms with Crippen molar-refractivity contribution in [1.82, 2.24) is 0 Å². The summed E-state index contributed by atoms with van der Waals surface area (Å²) in [4.78, 5) is 1.71. The molecule has 4 heteroatoms. The number of hydrogen-bond acceptors (Lipinski definition) is 3. The summed E-state index contributed by atoms with van der Waals surface area (Å²) in [5, 5.41) is 18.2. The number of hydrogen-bond donors (Lipinski definition) is 0. The quantitative estimate of drug-likeness (QED) is 0.828. The van der Waals surface area contributed by atoms with Gasteiger partial charge < -0.3 is 0 Å². The van der Waals surface area contributed by atoms with Gasteiger partial charge in [-0.1, -0.05) is 33.8 Å². The predicted octanol–water partition coefficient (Wildman–Crippen LogP) is 4.34. The van der Waals surface area contributed by atoms with Crippen LogP contribution in [0.25, 0.3) is 0 Å². The Kier molecular flexibility index (Phi) is 4.04. The van der Waals surface area contributed by atoms with E-state index in [1.165, 1.54) is 11.8 Å². The van der Waals surface area contributed by atoms with Crippen molar-refractivity contribution < 1.29 is 0 Å². The fourth-order valence-corrected chi connectivity index (χ4v) is 2.66. The summed E-state index contributed by atoms with van der Waals surface area (Å²) in [6.07, 6.45) is 0. The number of halogens is 1. The van der Waals surface area contributed by atoms with Crippen LogP contribution < -0.4 is 0 Å². The molecule has 0 aliphatic carbocycles. The van der Waals surface area contributed by atoms with Crippen molar-refractivity contribution in [3.63, 3.8) is 0 Å². The van der Waals surface area contributed by atoms with E-state index in [-0.39, 0.29) is 0 Å². The summed E-state index contributed by atoms with van der Waals surface area (Å²) in [7, 11) is 0. The van der Waals surface area contributed by atoms with Crippen LogP contribution in [-0.4, -0.2) is 0 Å². The molecule has 0 aliphatic rings. The second-order valence-corrected chi connectivity index (χ2v) is 5.46. The van der Waals surface area contributed by atoms with Gasteiger partial charge in [-0.3, -0.25) is 0 Å². The van der Waals surface area contributed by atoms with E-state index in [1.54, 1.807) is 18.2 Å². The van der Waals surface area contributed by atoms with Crippen LogP contribution in [0.2, 0.25) is 0 Å². The molecule has 2 nitrogen and oxygen atoms in total. The highest BCUT2D eigenvalue weighted by Gasteiger charge is 2.09. The van der Waals surface area contributed by atoms with Crippen LogP contribution in [0.1, 0.15) is 11.1 Å². The monoisotopic (exact) mass is 314 g/mol. The molecule has 18 heavy (non-hydrogen) atoms. The lowest BCUT2D eigenvalue weighted by Crippen LogP contribution is -1.86. The van der Waals surface area contributed by atoms with Crippen molar-refractivity contribution in [2.75, 3.05) is 0 Å². The molecule has 0 aromatic heterocycles. The van der Waals surface area contributed by atoms with Crippen LogP contribution >= 0.6 is 27.7 Å². The fourth-order valence-electron chi connectivity index (χ4n) is 1.44. The second-order valence-electron chi connectivity index (χ2n) is 3.46. The van der Waals surface area contributed by atoms with E-state index in [0.717, 1.165) is 9.37 Å². The lowest BCUT2D eigenvalue weighted by Gasteiger charge is -2.05. The summed E-state index contributed by atoms with van der Waals surface area (Å²) >= 11 is 4.81. The number of benzene rings is 2. The van der Waals surface area contributed by atoms with Crippen molar-refractivity contribution >= 4 is 27.7 Å². The van der Waals surface area contributed by atoms with Crippen molar-refractivity contribution in [3.05, 3.63) is 58.1 Å². The fraction of sp³-hybridized carbons (Fsp3) is 0. The predicted molar refractivity (Wildman–Crippen MR) is 74.1 cm³/mol. The van der Waals surface area contributed by atoms with Crippen LogP contribution in [0, 0.1) is 22.7 Å². The molecule has 0 fully saturated rings. The SMILES string of the molecule is N#Cc1cccc(C#N)c1Sc1ccc(Br)cc1. The largest absolute Gasteiger partial charge is 0.192 e. The minimum atomic E-state index is 0.530. The van der Waals surface area contributed by atoms with E-state index in [9.17, 15) is 0 Å². The highest BCUT2D eigenvalue weighted by molar-refractivity contribution is 9.10. The zero-order valence-electron chi connectivity index (χ0n) is 9.22. The van der Waals surface area contributed by atoms with Crippen molar-refractivity contribution in [1.29, 1.82) is 10.5 Å². The third kappa shape index (κ3) is 2.73. The smallest absolute Gasteiger partial charge is 0.100 e. The van der Waals surface area contributed by atoms with Gasteiger partial charge in [0.05, 0.1) is 11.1 Å². The molecule has 2 aromatic carbocycles. The van der Waals surface area contributed by atoms with Crippen molar-refractivity contribution in [3.8, 4) is 12.1 Å². The maximum absolute atomic E-state index is 9.08. The third-order valence-corrected chi connectivity index (χ3v) is 3.97. The molecule has 0 bridgehead atoms. The van der Waals surface area contributed by atoms with Gasteiger partial charge in [0.2, 0.25) is 0 Å². The Balaban J connectivity index is 2.43. The molecule has 0 saturated carbocycles. The van der Waals surface area contributed by atoms with Crippen molar-refractivity contribution in [2.24, 2.45) is 0 Å². The van der Waals surface area contributed by atoms with E-state index < -0.39 is 0 Å². The minimum Gasteiger partial charge on any atom is -0.192 e. The normalized spacial score (nSPS) is 9.50. The molecule has 86 valence electrons. The second kappa shape index (κ2) is 5.73. The molecule has 0 aliphatic heterocycles. The molecule has 0 saturated heterocycles. The van der Waals surface area contributed by atoms with Gasteiger partial charge in [-0.15, -0.1) is 0 Å².